The third kappa shape index (κ3) is 4.17. The number of para-hydroxylation sites is 1. The molecule has 0 spiro atoms. The molecule has 2 N–H and O–H groups in total. The second kappa shape index (κ2) is 6.84. The first-order chi connectivity index (χ1) is 11.8. The molecule has 0 bridgehead atoms. The lowest BCUT2D eigenvalue weighted by Gasteiger charge is -2.14. The fourth-order valence-electron chi connectivity index (χ4n) is 2.98. The van der Waals surface area contributed by atoms with E-state index in [1.807, 2.05) is 32.0 Å². The van der Waals surface area contributed by atoms with E-state index in [4.69, 9.17) is 0 Å². The lowest BCUT2D eigenvalue weighted by atomic mass is 10.1. The summed E-state index contributed by atoms with van der Waals surface area (Å²) in [6, 6.07) is 7.39. The van der Waals surface area contributed by atoms with Gasteiger partial charge in [-0.25, -0.2) is 8.42 Å². The molecular weight excluding hydrogens is 338 g/mol. The number of sulfone groups is 1. The first-order valence-electron chi connectivity index (χ1n) is 8.14. The topological polar surface area (TPSA) is 88.2 Å². The molecule has 132 valence electrons. The van der Waals surface area contributed by atoms with Crippen molar-refractivity contribution in [3.63, 3.8) is 0 Å². The van der Waals surface area contributed by atoms with Crippen LogP contribution in [0.1, 0.15) is 27.9 Å². The number of carbonyl (C=O) groups is 1. The van der Waals surface area contributed by atoms with E-state index < -0.39 is 9.84 Å². The molecule has 1 amide bonds. The van der Waals surface area contributed by atoms with Crippen molar-refractivity contribution in [3.05, 3.63) is 53.3 Å². The van der Waals surface area contributed by atoms with Crippen molar-refractivity contribution < 1.29 is 13.2 Å². The van der Waals surface area contributed by atoms with Crippen LogP contribution in [0.25, 0.3) is 0 Å². The van der Waals surface area contributed by atoms with Crippen molar-refractivity contribution >= 4 is 27.1 Å². The van der Waals surface area contributed by atoms with Crippen molar-refractivity contribution in [2.45, 2.75) is 26.3 Å². The average molecular weight is 359 g/mol. The van der Waals surface area contributed by atoms with E-state index in [-0.39, 0.29) is 23.5 Å². The Morgan fingerprint density at radius 2 is 1.92 bits per heavy atom. The van der Waals surface area contributed by atoms with Gasteiger partial charge in [0.15, 0.2) is 9.84 Å². The normalized spacial score (nSPS) is 18.7. The van der Waals surface area contributed by atoms with Crippen LogP contribution in [0.5, 0.6) is 0 Å². The van der Waals surface area contributed by atoms with E-state index in [0.717, 1.165) is 16.8 Å². The Hall–Kier alpha value is -2.41. The summed E-state index contributed by atoms with van der Waals surface area (Å²) in [5, 5.41) is 6.08. The largest absolute Gasteiger partial charge is 0.380 e. The Morgan fingerprint density at radius 1 is 1.20 bits per heavy atom. The standard InChI is InChI=1S/C18H21N3O3S/c1-12-4-3-5-13(2)17(12)21-18(22)14-8-16(10-19-9-14)20-15-6-7-25(23,24)11-15/h3-5,8-10,15,20H,6-7,11H2,1-2H3,(H,21,22). The number of rotatable bonds is 4. The number of aromatic nitrogens is 1. The molecule has 0 radical (unpaired) electrons. The summed E-state index contributed by atoms with van der Waals surface area (Å²) in [6.45, 7) is 3.89. The average Bonchev–Trinajstić information content (AvgIpc) is 2.90. The molecule has 1 unspecified atom stereocenters. The van der Waals surface area contributed by atoms with Crippen LogP contribution in [-0.4, -0.2) is 36.9 Å². The van der Waals surface area contributed by atoms with Crippen LogP contribution in [0.2, 0.25) is 0 Å². The minimum Gasteiger partial charge on any atom is -0.380 e. The van der Waals surface area contributed by atoms with Crippen molar-refractivity contribution in [1.29, 1.82) is 0 Å². The third-order valence-corrected chi connectivity index (χ3v) is 6.09. The fraction of sp³-hybridized carbons (Fsp3) is 0.333. The van der Waals surface area contributed by atoms with Gasteiger partial charge in [-0.3, -0.25) is 9.78 Å². The summed E-state index contributed by atoms with van der Waals surface area (Å²) in [6.07, 6.45) is 3.67. The Balaban J connectivity index is 1.74. The predicted molar refractivity (Wildman–Crippen MR) is 98.8 cm³/mol. The van der Waals surface area contributed by atoms with Gasteiger partial charge in [-0.15, -0.1) is 0 Å². The maximum atomic E-state index is 12.5. The summed E-state index contributed by atoms with van der Waals surface area (Å²) >= 11 is 0. The summed E-state index contributed by atoms with van der Waals surface area (Å²) in [5.74, 6) is 0.0732. The Morgan fingerprint density at radius 3 is 2.56 bits per heavy atom. The summed E-state index contributed by atoms with van der Waals surface area (Å²) in [7, 11) is -2.95. The lowest BCUT2D eigenvalue weighted by molar-refractivity contribution is 0.102. The predicted octanol–water partition coefficient (Wildman–Crippen LogP) is 2.55. The number of benzene rings is 1. The van der Waals surface area contributed by atoms with Gasteiger partial charge in [0, 0.05) is 24.1 Å². The first-order valence-corrected chi connectivity index (χ1v) is 9.96. The zero-order valence-electron chi connectivity index (χ0n) is 14.2. The van der Waals surface area contributed by atoms with Gasteiger partial charge >= 0.3 is 0 Å². The maximum Gasteiger partial charge on any atom is 0.257 e. The molecular formula is C18H21N3O3S. The Labute approximate surface area is 147 Å². The molecule has 3 rings (SSSR count). The molecule has 6 nitrogen and oxygen atoms in total. The molecule has 1 aromatic carbocycles. The number of nitrogens with zero attached hydrogens (tertiary/aromatic N) is 1. The SMILES string of the molecule is Cc1cccc(C)c1NC(=O)c1cncc(NC2CCS(=O)(=O)C2)c1. The fourth-order valence-corrected chi connectivity index (χ4v) is 4.66. The van der Waals surface area contributed by atoms with Gasteiger partial charge in [-0.05, 0) is 37.5 Å². The third-order valence-electron chi connectivity index (χ3n) is 4.32. The number of hydrogen-bond donors (Lipinski definition) is 2. The number of carbonyl (C=O) groups excluding carboxylic acids is 1. The molecule has 0 aliphatic carbocycles. The number of amides is 1. The second-order valence-electron chi connectivity index (χ2n) is 6.43. The van der Waals surface area contributed by atoms with Gasteiger partial charge in [0.05, 0.1) is 22.8 Å². The quantitative estimate of drug-likeness (QED) is 0.876. The van der Waals surface area contributed by atoms with Crippen molar-refractivity contribution in [2.75, 3.05) is 22.1 Å². The van der Waals surface area contributed by atoms with E-state index in [0.29, 0.717) is 17.7 Å². The molecule has 2 heterocycles. The lowest BCUT2D eigenvalue weighted by Crippen LogP contribution is -2.21. The summed E-state index contributed by atoms with van der Waals surface area (Å²) in [5.41, 5.74) is 3.86. The van der Waals surface area contributed by atoms with E-state index in [2.05, 4.69) is 15.6 Å². The van der Waals surface area contributed by atoms with Crippen LogP contribution in [0.3, 0.4) is 0 Å². The minimum absolute atomic E-state index is 0.117. The smallest absolute Gasteiger partial charge is 0.257 e. The first kappa shape index (κ1) is 17.4. The molecule has 1 atom stereocenters. The maximum absolute atomic E-state index is 12.5. The molecule has 1 fully saturated rings. The number of nitrogens with one attached hydrogen (secondary N) is 2. The molecule has 2 aromatic rings. The highest BCUT2D eigenvalue weighted by molar-refractivity contribution is 7.91. The van der Waals surface area contributed by atoms with Gasteiger partial charge in [-0.1, -0.05) is 18.2 Å². The van der Waals surface area contributed by atoms with Gasteiger partial charge in [0.1, 0.15) is 0 Å². The van der Waals surface area contributed by atoms with E-state index in [1.165, 1.54) is 6.20 Å². The van der Waals surface area contributed by atoms with Crippen LogP contribution < -0.4 is 10.6 Å². The molecule has 7 heteroatoms. The number of anilines is 2. The summed E-state index contributed by atoms with van der Waals surface area (Å²) < 4.78 is 23.1. The molecule has 0 saturated carbocycles. The highest BCUT2D eigenvalue weighted by Gasteiger charge is 2.27. The zero-order chi connectivity index (χ0) is 18.0. The second-order valence-corrected chi connectivity index (χ2v) is 8.66. The van der Waals surface area contributed by atoms with E-state index in [1.54, 1.807) is 12.3 Å². The van der Waals surface area contributed by atoms with Crippen LogP contribution >= 0.6 is 0 Å². The van der Waals surface area contributed by atoms with Crippen molar-refractivity contribution in [3.8, 4) is 0 Å². The molecule has 1 aromatic heterocycles. The van der Waals surface area contributed by atoms with E-state index in [9.17, 15) is 13.2 Å². The Bertz CT molecular complexity index is 889. The van der Waals surface area contributed by atoms with Crippen molar-refractivity contribution in [1.82, 2.24) is 4.98 Å². The number of pyridine rings is 1. The highest BCUT2D eigenvalue weighted by Crippen LogP contribution is 2.21. The number of hydrogen-bond acceptors (Lipinski definition) is 5. The van der Waals surface area contributed by atoms with Crippen LogP contribution in [-0.2, 0) is 9.84 Å². The molecule has 25 heavy (non-hydrogen) atoms. The monoisotopic (exact) mass is 359 g/mol. The molecule has 1 aliphatic rings. The Kier molecular flexibility index (Phi) is 4.76. The van der Waals surface area contributed by atoms with Gasteiger partial charge in [-0.2, -0.15) is 0 Å². The van der Waals surface area contributed by atoms with Crippen LogP contribution in [0.15, 0.2) is 36.7 Å². The van der Waals surface area contributed by atoms with Gasteiger partial charge in [0.2, 0.25) is 0 Å². The summed E-state index contributed by atoms with van der Waals surface area (Å²) in [4.78, 5) is 16.6. The molecule has 1 saturated heterocycles. The van der Waals surface area contributed by atoms with E-state index >= 15 is 0 Å². The van der Waals surface area contributed by atoms with Gasteiger partial charge in [0.25, 0.3) is 5.91 Å². The minimum atomic E-state index is -2.95. The van der Waals surface area contributed by atoms with Crippen LogP contribution in [0, 0.1) is 13.8 Å². The highest BCUT2D eigenvalue weighted by atomic mass is 32.2. The van der Waals surface area contributed by atoms with Crippen molar-refractivity contribution in [2.24, 2.45) is 0 Å². The number of aryl methyl sites for hydroxylation is 2. The van der Waals surface area contributed by atoms with Crippen LogP contribution in [0.4, 0.5) is 11.4 Å². The molecule has 1 aliphatic heterocycles. The zero-order valence-corrected chi connectivity index (χ0v) is 15.1. The van der Waals surface area contributed by atoms with Gasteiger partial charge < -0.3 is 10.6 Å².